The topological polar surface area (TPSA) is 81.8 Å². The molecule has 0 atom stereocenters. The molecule has 0 bridgehead atoms. The number of rotatable bonds is 3. The van der Waals surface area contributed by atoms with Crippen LogP contribution in [0.25, 0.3) is 6.08 Å². The highest BCUT2D eigenvalue weighted by Crippen LogP contribution is 2.21. The SMILES string of the molecule is O=C1OC(c2cccc([N+](=O)[O-])c2)=N/C1=C/c1cccc(F)c1. The maximum absolute atomic E-state index is 13.2. The van der Waals surface area contributed by atoms with Crippen LogP contribution in [-0.2, 0) is 9.53 Å². The number of benzene rings is 2. The minimum Gasteiger partial charge on any atom is -0.402 e. The lowest BCUT2D eigenvalue weighted by Gasteiger charge is -1.98. The fraction of sp³-hybridized carbons (Fsp3) is 0. The molecule has 1 aliphatic rings. The first-order valence-electron chi connectivity index (χ1n) is 6.56. The van der Waals surface area contributed by atoms with Crippen molar-refractivity contribution in [3.63, 3.8) is 0 Å². The molecular weight excluding hydrogens is 303 g/mol. The maximum Gasteiger partial charge on any atom is 0.363 e. The van der Waals surface area contributed by atoms with Crippen molar-refractivity contribution in [2.45, 2.75) is 0 Å². The highest BCUT2D eigenvalue weighted by molar-refractivity contribution is 6.13. The quantitative estimate of drug-likeness (QED) is 0.377. The van der Waals surface area contributed by atoms with E-state index >= 15 is 0 Å². The Morgan fingerprint density at radius 3 is 2.70 bits per heavy atom. The molecule has 0 N–H and O–H groups in total. The molecule has 7 heteroatoms. The number of carbonyl (C=O) groups excluding carboxylic acids is 1. The van der Waals surface area contributed by atoms with Gasteiger partial charge in [-0.25, -0.2) is 14.2 Å². The van der Waals surface area contributed by atoms with Crippen molar-refractivity contribution in [2.24, 2.45) is 4.99 Å². The number of halogens is 1. The molecule has 1 aliphatic heterocycles. The van der Waals surface area contributed by atoms with Crippen molar-refractivity contribution < 1.29 is 18.8 Å². The summed E-state index contributed by atoms with van der Waals surface area (Å²) in [6.45, 7) is 0. The van der Waals surface area contributed by atoms with Gasteiger partial charge in [-0.05, 0) is 29.8 Å². The Labute approximate surface area is 129 Å². The summed E-state index contributed by atoms with van der Waals surface area (Å²) in [5.41, 5.74) is 0.636. The predicted octanol–water partition coefficient (Wildman–Crippen LogP) is 3.08. The number of ether oxygens (including phenoxy) is 1. The molecule has 0 unspecified atom stereocenters. The van der Waals surface area contributed by atoms with Crippen LogP contribution in [0.15, 0.2) is 59.2 Å². The summed E-state index contributed by atoms with van der Waals surface area (Å²) in [6.07, 6.45) is 1.38. The normalized spacial score (nSPS) is 15.4. The van der Waals surface area contributed by atoms with Crippen LogP contribution < -0.4 is 0 Å². The summed E-state index contributed by atoms with van der Waals surface area (Å²) < 4.78 is 18.2. The molecule has 6 nitrogen and oxygen atoms in total. The number of hydrogen-bond donors (Lipinski definition) is 0. The average molecular weight is 312 g/mol. The van der Waals surface area contributed by atoms with Gasteiger partial charge in [0.2, 0.25) is 5.90 Å². The van der Waals surface area contributed by atoms with E-state index in [2.05, 4.69) is 4.99 Å². The lowest BCUT2D eigenvalue weighted by molar-refractivity contribution is -0.384. The number of aliphatic imine (C=N–C) groups is 1. The van der Waals surface area contributed by atoms with Gasteiger partial charge in [0.25, 0.3) is 5.69 Å². The minimum absolute atomic E-state index is 0.00268. The molecule has 0 aromatic heterocycles. The monoisotopic (exact) mass is 312 g/mol. The molecule has 114 valence electrons. The number of nitrogens with zero attached hydrogens (tertiary/aromatic N) is 2. The van der Waals surface area contributed by atoms with E-state index in [1.807, 2.05) is 0 Å². The van der Waals surface area contributed by atoms with Gasteiger partial charge in [0.05, 0.1) is 4.92 Å². The van der Waals surface area contributed by atoms with Crippen molar-refractivity contribution in [2.75, 3.05) is 0 Å². The number of cyclic esters (lactones) is 1. The van der Waals surface area contributed by atoms with Crippen molar-refractivity contribution in [1.29, 1.82) is 0 Å². The molecular formula is C16H9FN2O4. The first-order chi connectivity index (χ1) is 11.0. The van der Waals surface area contributed by atoms with Gasteiger partial charge >= 0.3 is 5.97 Å². The van der Waals surface area contributed by atoms with Crippen molar-refractivity contribution in [1.82, 2.24) is 0 Å². The van der Waals surface area contributed by atoms with E-state index in [-0.39, 0.29) is 17.3 Å². The Hall–Kier alpha value is -3.35. The Bertz CT molecular complexity index is 874. The van der Waals surface area contributed by atoms with Crippen molar-refractivity contribution in [3.05, 3.63) is 81.3 Å². The standard InChI is InChI=1S/C16H9FN2O4/c17-12-5-1-3-10(7-12)8-14-16(20)23-15(18-14)11-4-2-6-13(9-11)19(21)22/h1-9H/b14-8+. The Morgan fingerprint density at radius 2 is 1.96 bits per heavy atom. The van der Waals surface area contributed by atoms with Gasteiger partial charge < -0.3 is 4.74 Å². The smallest absolute Gasteiger partial charge is 0.363 e. The molecule has 0 saturated heterocycles. The van der Waals surface area contributed by atoms with E-state index in [4.69, 9.17) is 4.74 Å². The van der Waals surface area contributed by atoms with Gasteiger partial charge in [-0.1, -0.05) is 18.2 Å². The summed E-state index contributed by atoms with van der Waals surface area (Å²) in [5, 5.41) is 10.8. The molecule has 0 amide bonds. The number of nitro benzene ring substituents is 1. The molecule has 1 heterocycles. The molecule has 2 aromatic carbocycles. The summed E-state index contributed by atoms with van der Waals surface area (Å²) in [5.74, 6) is -1.16. The largest absolute Gasteiger partial charge is 0.402 e. The van der Waals surface area contributed by atoms with Crippen LogP contribution in [0.5, 0.6) is 0 Å². The number of non-ortho nitro benzene ring substituents is 1. The van der Waals surface area contributed by atoms with Gasteiger partial charge in [-0.2, -0.15) is 0 Å². The van der Waals surface area contributed by atoms with Gasteiger partial charge in [-0.15, -0.1) is 0 Å². The zero-order valence-electron chi connectivity index (χ0n) is 11.6. The van der Waals surface area contributed by atoms with E-state index in [9.17, 15) is 19.3 Å². The molecule has 0 aliphatic carbocycles. The number of hydrogen-bond acceptors (Lipinski definition) is 5. The molecule has 0 spiro atoms. The number of carbonyl (C=O) groups is 1. The molecule has 3 rings (SSSR count). The zero-order chi connectivity index (χ0) is 16.4. The first-order valence-corrected chi connectivity index (χ1v) is 6.56. The van der Waals surface area contributed by atoms with E-state index in [1.54, 1.807) is 12.1 Å². The van der Waals surface area contributed by atoms with Crippen LogP contribution in [-0.4, -0.2) is 16.8 Å². The highest BCUT2D eigenvalue weighted by Gasteiger charge is 2.25. The third-order valence-corrected chi connectivity index (χ3v) is 3.08. The molecule has 0 fully saturated rings. The minimum atomic E-state index is -0.698. The van der Waals surface area contributed by atoms with Crippen LogP contribution in [0.3, 0.4) is 0 Å². The van der Waals surface area contributed by atoms with Gasteiger partial charge in [0, 0.05) is 17.7 Å². The second kappa shape index (κ2) is 5.80. The van der Waals surface area contributed by atoms with Crippen LogP contribution in [0.1, 0.15) is 11.1 Å². The molecule has 2 aromatic rings. The van der Waals surface area contributed by atoms with Crippen LogP contribution >= 0.6 is 0 Å². The van der Waals surface area contributed by atoms with E-state index in [0.717, 1.165) is 0 Å². The molecule has 0 radical (unpaired) electrons. The second-order valence-electron chi connectivity index (χ2n) is 4.70. The average Bonchev–Trinajstić information content (AvgIpc) is 2.88. The van der Waals surface area contributed by atoms with Crippen molar-refractivity contribution >= 4 is 23.6 Å². The van der Waals surface area contributed by atoms with Crippen molar-refractivity contribution in [3.8, 4) is 0 Å². The summed E-state index contributed by atoms with van der Waals surface area (Å²) in [4.78, 5) is 26.1. The van der Waals surface area contributed by atoms with Crippen LogP contribution in [0, 0.1) is 15.9 Å². The molecule has 0 saturated carbocycles. The Morgan fingerprint density at radius 1 is 1.17 bits per heavy atom. The van der Waals surface area contributed by atoms with Gasteiger partial charge in [-0.3, -0.25) is 10.1 Å². The number of nitro groups is 1. The summed E-state index contributed by atoms with van der Waals surface area (Å²) in [6, 6.07) is 11.3. The van der Waals surface area contributed by atoms with Gasteiger partial charge in [0.1, 0.15) is 5.82 Å². The van der Waals surface area contributed by atoms with Gasteiger partial charge in [0.15, 0.2) is 5.70 Å². The summed E-state index contributed by atoms with van der Waals surface area (Å²) in [7, 11) is 0. The zero-order valence-corrected chi connectivity index (χ0v) is 11.6. The lowest BCUT2D eigenvalue weighted by Crippen LogP contribution is -2.05. The van der Waals surface area contributed by atoms with Crippen LogP contribution in [0.4, 0.5) is 10.1 Å². The fourth-order valence-corrected chi connectivity index (χ4v) is 2.04. The highest BCUT2D eigenvalue weighted by atomic mass is 19.1. The van der Waals surface area contributed by atoms with E-state index in [0.29, 0.717) is 11.1 Å². The van der Waals surface area contributed by atoms with E-state index in [1.165, 1.54) is 42.5 Å². The summed E-state index contributed by atoms with van der Waals surface area (Å²) >= 11 is 0. The predicted molar refractivity (Wildman–Crippen MR) is 80.1 cm³/mol. The Kier molecular flexibility index (Phi) is 3.68. The third kappa shape index (κ3) is 3.13. The fourth-order valence-electron chi connectivity index (χ4n) is 2.04. The van der Waals surface area contributed by atoms with Crippen LogP contribution in [0.2, 0.25) is 0 Å². The lowest BCUT2D eigenvalue weighted by atomic mass is 10.2. The maximum atomic E-state index is 13.2. The van der Waals surface area contributed by atoms with E-state index < -0.39 is 16.7 Å². The molecule has 23 heavy (non-hydrogen) atoms. The second-order valence-corrected chi connectivity index (χ2v) is 4.70. The first kappa shape index (κ1) is 14.6. The third-order valence-electron chi connectivity index (χ3n) is 3.08. The number of esters is 1. The Balaban J connectivity index is 1.95.